The molecule has 9 rings (SSSR count). The normalized spacial score (nSPS) is 16.0. The van der Waals surface area contributed by atoms with Gasteiger partial charge in [-0.05, 0) is 89.4 Å². The SMILES string of the molecule is CCOc1ccc(N2C(=O)C(Oc3ccc4ccccc4c3)C2c2cc3ccc4ccccc4c3nc2Sc2nc3ccccc3s2)cc1. The number of carbonyl (C=O) groups excluding carboxylic acids is 1. The molecule has 1 amide bonds. The lowest BCUT2D eigenvalue weighted by atomic mass is 9.89. The van der Waals surface area contributed by atoms with Crippen molar-refractivity contribution in [2.45, 2.75) is 28.4 Å². The summed E-state index contributed by atoms with van der Waals surface area (Å²) in [7, 11) is 0. The minimum Gasteiger partial charge on any atom is -0.494 e. The van der Waals surface area contributed by atoms with E-state index in [9.17, 15) is 4.79 Å². The van der Waals surface area contributed by atoms with Crippen LogP contribution in [0.1, 0.15) is 18.5 Å². The van der Waals surface area contributed by atoms with Gasteiger partial charge in [-0.15, -0.1) is 11.3 Å². The first-order valence-corrected chi connectivity index (χ1v) is 17.8. The number of anilines is 1. The van der Waals surface area contributed by atoms with E-state index < -0.39 is 12.1 Å². The smallest absolute Gasteiger partial charge is 0.271 e. The average molecular weight is 676 g/mol. The van der Waals surface area contributed by atoms with Gasteiger partial charge < -0.3 is 9.47 Å². The van der Waals surface area contributed by atoms with E-state index in [1.807, 2.05) is 96.8 Å². The van der Waals surface area contributed by atoms with Crippen LogP contribution in [-0.2, 0) is 4.79 Å². The van der Waals surface area contributed by atoms with E-state index >= 15 is 0 Å². The fourth-order valence-electron chi connectivity index (χ4n) is 6.60. The molecule has 1 aliphatic rings. The highest BCUT2D eigenvalue weighted by molar-refractivity contribution is 8.01. The van der Waals surface area contributed by atoms with E-state index in [-0.39, 0.29) is 5.91 Å². The predicted molar refractivity (Wildman–Crippen MR) is 199 cm³/mol. The Labute approximate surface area is 290 Å². The first-order valence-electron chi connectivity index (χ1n) is 16.2. The molecule has 238 valence electrons. The molecule has 0 aliphatic carbocycles. The number of β-lactam (4-membered cyclic amide) rings is 1. The minimum absolute atomic E-state index is 0.114. The van der Waals surface area contributed by atoms with E-state index in [0.717, 1.165) is 69.0 Å². The molecule has 1 aliphatic heterocycles. The molecule has 8 heteroatoms. The number of carbonyl (C=O) groups is 1. The van der Waals surface area contributed by atoms with Crippen molar-refractivity contribution in [1.82, 2.24) is 9.97 Å². The fourth-order valence-corrected chi connectivity index (χ4v) is 8.72. The molecule has 2 unspecified atom stereocenters. The van der Waals surface area contributed by atoms with Crippen LogP contribution in [0.25, 0.3) is 42.7 Å². The Kier molecular flexibility index (Phi) is 7.40. The third kappa shape index (κ3) is 5.33. The highest BCUT2D eigenvalue weighted by Crippen LogP contribution is 2.47. The molecule has 6 nitrogen and oxygen atoms in total. The van der Waals surface area contributed by atoms with Crippen LogP contribution in [-0.4, -0.2) is 28.6 Å². The highest BCUT2D eigenvalue weighted by Gasteiger charge is 2.52. The lowest BCUT2D eigenvalue weighted by Gasteiger charge is -2.47. The summed E-state index contributed by atoms with van der Waals surface area (Å²) in [6.07, 6.45) is -0.762. The van der Waals surface area contributed by atoms with E-state index in [1.165, 1.54) is 0 Å². The van der Waals surface area contributed by atoms with Gasteiger partial charge in [0.2, 0.25) is 6.10 Å². The number of nitrogens with zero attached hydrogens (tertiary/aromatic N) is 3. The van der Waals surface area contributed by atoms with Crippen molar-refractivity contribution in [2.24, 2.45) is 0 Å². The number of ether oxygens (including phenoxy) is 2. The molecular weight excluding hydrogens is 647 g/mol. The monoisotopic (exact) mass is 675 g/mol. The van der Waals surface area contributed by atoms with E-state index in [1.54, 1.807) is 23.1 Å². The number of aromatic nitrogens is 2. The quantitative estimate of drug-likeness (QED) is 0.118. The lowest BCUT2D eigenvalue weighted by molar-refractivity contribution is -0.135. The van der Waals surface area contributed by atoms with Gasteiger partial charge in [-0.1, -0.05) is 78.9 Å². The van der Waals surface area contributed by atoms with Crippen molar-refractivity contribution in [3.8, 4) is 11.5 Å². The van der Waals surface area contributed by atoms with E-state index in [2.05, 4.69) is 48.5 Å². The first kappa shape index (κ1) is 29.7. The molecule has 0 spiro atoms. The number of thiazole rings is 1. The van der Waals surface area contributed by atoms with Crippen LogP contribution in [0.15, 0.2) is 143 Å². The third-order valence-corrected chi connectivity index (χ3v) is 11.1. The lowest BCUT2D eigenvalue weighted by Crippen LogP contribution is -2.61. The minimum atomic E-state index is -0.762. The molecule has 1 fully saturated rings. The van der Waals surface area contributed by atoms with Crippen molar-refractivity contribution >= 4 is 77.4 Å². The number of amides is 1. The largest absolute Gasteiger partial charge is 0.494 e. The van der Waals surface area contributed by atoms with Gasteiger partial charge >= 0.3 is 0 Å². The van der Waals surface area contributed by atoms with Gasteiger partial charge in [0.1, 0.15) is 22.6 Å². The summed E-state index contributed by atoms with van der Waals surface area (Å²) in [5, 5.41) is 6.16. The summed E-state index contributed by atoms with van der Waals surface area (Å²) in [4.78, 5) is 26.3. The number of pyridine rings is 1. The van der Waals surface area contributed by atoms with Gasteiger partial charge in [-0.3, -0.25) is 9.69 Å². The van der Waals surface area contributed by atoms with Crippen molar-refractivity contribution in [3.05, 3.63) is 139 Å². The average Bonchev–Trinajstić information content (AvgIpc) is 3.56. The van der Waals surface area contributed by atoms with Crippen molar-refractivity contribution < 1.29 is 14.3 Å². The Morgan fingerprint density at radius 2 is 1.45 bits per heavy atom. The second-order valence-electron chi connectivity index (χ2n) is 11.9. The topological polar surface area (TPSA) is 64.5 Å². The molecule has 1 saturated heterocycles. The van der Waals surface area contributed by atoms with Crippen LogP contribution >= 0.6 is 23.1 Å². The second-order valence-corrected chi connectivity index (χ2v) is 14.2. The maximum absolute atomic E-state index is 14.2. The molecule has 2 atom stereocenters. The Balaban J connectivity index is 1.21. The summed E-state index contributed by atoms with van der Waals surface area (Å²) >= 11 is 3.18. The standard InChI is InChI=1S/C41H29N3O3S2/c1-2-46-30-21-18-29(19-22-30)44-37(38(40(44)45)47-31-20-17-25-9-3-4-11-27(25)23-31)33-24-28-16-15-26-10-5-6-12-32(26)36(28)43-39(33)49-41-42-34-13-7-8-14-35(34)48-41/h3-24,37-38H,2H2,1H3. The molecule has 0 N–H and O–H groups in total. The fraction of sp³-hybridized carbons (Fsp3) is 0.0976. The van der Waals surface area contributed by atoms with Crippen molar-refractivity contribution in [3.63, 3.8) is 0 Å². The van der Waals surface area contributed by atoms with Crippen molar-refractivity contribution in [1.29, 1.82) is 0 Å². The predicted octanol–water partition coefficient (Wildman–Crippen LogP) is 10.2. The molecule has 2 aromatic heterocycles. The van der Waals surface area contributed by atoms with E-state index in [0.29, 0.717) is 12.4 Å². The Morgan fingerprint density at radius 1 is 0.735 bits per heavy atom. The number of para-hydroxylation sites is 1. The number of benzene rings is 6. The molecule has 8 aromatic rings. The second kappa shape index (κ2) is 12.2. The number of hydrogen-bond acceptors (Lipinski definition) is 7. The zero-order valence-electron chi connectivity index (χ0n) is 26.4. The molecular formula is C41H29N3O3S2. The van der Waals surface area contributed by atoms with Crippen LogP contribution in [0.2, 0.25) is 0 Å². The first-order chi connectivity index (χ1) is 24.1. The van der Waals surface area contributed by atoms with Crippen LogP contribution in [0.4, 0.5) is 5.69 Å². The summed E-state index contributed by atoms with van der Waals surface area (Å²) in [6, 6.07) is 44.2. The summed E-state index contributed by atoms with van der Waals surface area (Å²) in [5.74, 6) is 1.29. The maximum Gasteiger partial charge on any atom is 0.271 e. The van der Waals surface area contributed by atoms with Crippen molar-refractivity contribution in [2.75, 3.05) is 11.5 Å². The molecule has 0 bridgehead atoms. The Hall–Kier alpha value is -5.44. The maximum atomic E-state index is 14.2. The number of rotatable bonds is 8. The van der Waals surface area contributed by atoms with Gasteiger partial charge in [-0.25, -0.2) is 9.97 Å². The number of hydrogen-bond donors (Lipinski definition) is 0. The summed E-state index contributed by atoms with van der Waals surface area (Å²) < 4.78 is 14.3. The van der Waals surface area contributed by atoms with Gasteiger partial charge in [0, 0.05) is 22.0 Å². The molecule has 3 heterocycles. The van der Waals surface area contributed by atoms with Gasteiger partial charge in [-0.2, -0.15) is 0 Å². The Bertz CT molecular complexity index is 2500. The van der Waals surface area contributed by atoms with Crippen LogP contribution < -0.4 is 14.4 Å². The van der Waals surface area contributed by atoms with E-state index in [4.69, 9.17) is 19.4 Å². The summed E-state index contributed by atoms with van der Waals surface area (Å²) in [6.45, 7) is 2.52. The van der Waals surface area contributed by atoms with Gasteiger partial charge in [0.15, 0.2) is 4.34 Å². The van der Waals surface area contributed by atoms with Gasteiger partial charge in [0.25, 0.3) is 5.91 Å². The van der Waals surface area contributed by atoms with Crippen LogP contribution in [0, 0.1) is 0 Å². The Morgan fingerprint density at radius 3 is 2.29 bits per heavy atom. The molecule has 0 saturated carbocycles. The van der Waals surface area contributed by atoms with Gasteiger partial charge in [0.05, 0.1) is 22.3 Å². The van der Waals surface area contributed by atoms with Crippen LogP contribution in [0.3, 0.4) is 0 Å². The molecule has 0 radical (unpaired) electrons. The van der Waals surface area contributed by atoms with Crippen LogP contribution in [0.5, 0.6) is 11.5 Å². The zero-order chi connectivity index (χ0) is 32.9. The third-order valence-electron chi connectivity index (χ3n) is 8.94. The molecule has 6 aromatic carbocycles. The zero-order valence-corrected chi connectivity index (χ0v) is 28.1. The summed E-state index contributed by atoms with van der Waals surface area (Å²) in [5.41, 5.74) is 3.54. The number of fused-ring (bicyclic) bond motifs is 5. The highest BCUT2D eigenvalue weighted by atomic mass is 32.2. The molecule has 49 heavy (non-hydrogen) atoms.